The zero-order valence-electron chi connectivity index (χ0n) is 13.9. The molecule has 0 aromatic carbocycles. The molecule has 0 spiro atoms. The molecule has 0 radical (unpaired) electrons. The Morgan fingerprint density at radius 3 is 2.33 bits per heavy atom. The van der Waals surface area contributed by atoms with Crippen molar-refractivity contribution < 1.29 is 9.47 Å². The first kappa shape index (κ1) is 18.2. The van der Waals surface area contributed by atoms with Crippen molar-refractivity contribution in [2.75, 3.05) is 13.2 Å². The Morgan fingerprint density at radius 1 is 1.10 bits per heavy atom. The quantitative estimate of drug-likeness (QED) is 0.811. The number of nitrogens with zero attached hydrogens (tertiary/aromatic N) is 1. The summed E-state index contributed by atoms with van der Waals surface area (Å²) in [5.74, 6) is 0.572. The van der Waals surface area contributed by atoms with Gasteiger partial charge in [0.1, 0.15) is 6.61 Å². The van der Waals surface area contributed by atoms with Crippen LogP contribution in [0.5, 0.6) is 5.88 Å². The van der Waals surface area contributed by atoms with Crippen molar-refractivity contribution in [2.45, 2.75) is 59.2 Å². The van der Waals surface area contributed by atoms with E-state index < -0.39 is 0 Å². The molecule has 21 heavy (non-hydrogen) atoms. The summed E-state index contributed by atoms with van der Waals surface area (Å²) in [7, 11) is 0. The van der Waals surface area contributed by atoms with Crippen LogP contribution in [0, 0.1) is 0 Å². The molecule has 120 valence electrons. The van der Waals surface area contributed by atoms with Gasteiger partial charge in [-0.1, -0.05) is 11.6 Å². The third-order valence-electron chi connectivity index (χ3n) is 2.55. The molecule has 1 N–H and O–H groups in total. The van der Waals surface area contributed by atoms with Gasteiger partial charge >= 0.3 is 0 Å². The molecule has 0 saturated heterocycles. The van der Waals surface area contributed by atoms with Crippen molar-refractivity contribution in [1.29, 1.82) is 0 Å². The van der Waals surface area contributed by atoms with Gasteiger partial charge in [-0.2, -0.15) is 0 Å². The van der Waals surface area contributed by atoms with Crippen LogP contribution in [-0.4, -0.2) is 29.3 Å². The van der Waals surface area contributed by atoms with Gasteiger partial charge in [-0.05, 0) is 47.6 Å². The minimum atomic E-state index is -0.154. The van der Waals surface area contributed by atoms with E-state index in [2.05, 4.69) is 31.1 Å². The third-order valence-corrected chi connectivity index (χ3v) is 2.89. The lowest BCUT2D eigenvalue weighted by atomic mass is 10.1. The Balaban J connectivity index is 2.53. The lowest BCUT2D eigenvalue weighted by molar-refractivity contribution is -0.0168. The molecular formula is C16H27ClN2O2. The zero-order chi connectivity index (χ0) is 16.1. The molecule has 1 aromatic rings. The summed E-state index contributed by atoms with van der Waals surface area (Å²) in [4.78, 5) is 4.44. The molecule has 4 nitrogen and oxygen atoms in total. The molecule has 0 atom stereocenters. The Hall–Kier alpha value is -0.840. The largest absolute Gasteiger partial charge is 0.475 e. The minimum Gasteiger partial charge on any atom is -0.475 e. The third kappa shape index (κ3) is 8.24. The van der Waals surface area contributed by atoms with Gasteiger partial charge in [0.25, 0.3) is 0 Å². The first-order valence-electron chi connectivity index (χ1n) is 7.24. The van der Waals surface area contributed by atoms with Gasteiger partial charge in [-0.3, -0.25) is 0 Å². The second kappa shape index (κ2) is 7.43. The Bertz CT molecular complexity index is 451. The fourth-order valence-corrected chi connectivity index (χ4v) is 1.68. The zero-order valence-corrected chi connectivity index (χ0v) is 14.7. The van der Waals surface area contributed by atoms with E-state index in [0.717, 1.165) is 5.69 Å². The van der Waals surface area contributed by atoms with E-state index in [-0.39, 0.29) is 11.1 Å². The Labute approximate surface area is 133 Å². The molecule has 0 aliphatic heterocycles. The number of halogens is 1. The fraction of sp³-hybridized carbons (Fsp3) is 0.688. The van der Waals surface area contributed by atoms with Crippen molar-refractivity contribution in [3.63, 3.8) is 0 Å². The second-order valence-corrected chi connectivity index (χ2v) is 7.40. The predicted molar refractivity (Wildman–Crippen MR) is 87.0 cm³/mol. The number of nitrogens with one attached hydrogen (secondary N) is 1. The van der Waals surface area contributed by atoms with Crippen molar-refractivity contribution in [3.8, 4) is 5.88 Å². The van der Waals surface area contributed by atoms with E-state index >= 15 is 0 Å². The van der Waals surface area contributed by atoms with Gasteiger partial charge in [0.2, 0.25) is 5.88 Å². The van der Waals surface area contributed by atoms with Crippen molar-refractivity contribution in [3.05, 3.63) is 22.8 Å². The summed E-state index contributed by atoms with van der Waals surface area (Å²) in [6.07, 6.45) is 0. The van der Waals surface area contributed by atoms with E-state index in [0.29, 0.717) is 30.7 Å². The molecule has 0 aliphatic rings. The molecule has 5 heteroatoms. The SMILES string of the molecule is CC(C)(C)NCc1nc(OCCOC(C)(C)C)ccc1Cl. The van der Waals surface area contributed by atoms with Crippen LogP contribution < -0.4 is 10.1 Å². The molecule has 1 rings (SSSR count). The van der Waals surface area contributed by atoms with Crippen LogP contribution in [0.1, 0.15) is 47.2 Å². The Kier molecular flexibility index (Phi) is 6.44. The van der Waals surface area contributed by atoms with Crippen LogP contribution in [0.2, 0.25) is 5.02 Å². The first-order valence-corrected chi connectivity index (χ1v) is 7.62. The van der Waals surface area contributed by atoms with E-state index in [4.69, 9.17) is 21.1 Å². The van der Waals surface area contributed by atoms with Crippen LogP contribution in [0.3, 0.4) is 0 Å². The van der Waals surface area contributed by atoms with Crippen LogP contribution >= 0.6 is 11.6 Å². The van der Waals surface area contributed by atoms with Gasteiger partial charge in [0.15, 0.2) is 0 Å². The van der Waals surface area contributed by atoms with Gasteiger partial charge < -0.3 is 14.8 Å². The maximum Gasteiger partial charge on any atom is 0.213 e. The van der Waals surface area contributed by atoms with E-state index in [1.807, 2.05) is 26.8 Å². The summed E-state index contributed by atoms with van der Waals surface area (Å²) in [6, 6.07) is 3.59. The summed E-state index contributed by atoms with van der Waals surface area (Å²) < 4.78 is 11.2. The fourth-order valence-electron chi connectivity index (χ4n) is 1.51. The van der Waals surface area contributed by atoms with E-state index in [1.165, 1.54) is 0 Å². The molecule has 0 amide bonds. The number of pyridine rings is 1. The van der Waals surface area contributed by atoms with Crippen molar-refractivity contribution >= 4 is 11.6 Å². The van der Waals surface area contributed by atoms with Crippen LogP contribution in [0.4, 0.5) is 0 Å². The lowest BCUT2D eigenvalue weighted by Crippen LogP contribution is -2.35. The molecule has 0 saturated carbocycles. The van der Waals surface area contributed by atoms with Gasteiger partial charge in [0.05, 0.1) is 22.9 Å². The molecule has 0 unspecified atom stereocenters. The predicted octanol–water partition coefficient (Wildman–Crippen LogP) is 3.82. The van der Waals surface area contributed by atoms with Gasteiger partial charge in [-0.15, -0.1) is 0 Å². The van der Waals surface area contributed by atoms with Crippen molar-refractivity contribution in [1.82, 2.24) is 10.3 Å². The summed E-state index contributed by atoms with van der Waals surface area (Å²) in [5.41, 5.74) is 0.655. The topological polar surface area (TPSA) is 43.4 Å². The van der Waals surface area contributed by atoms with Crippen LogP contribution in [-0.2, 0) is 11.3 Å². The lowest BCUT2D eigenvalue weighted by Gasteiger charge is -2.21. The highest BCUT2D eigenvalue weighted by Gasteiger charge is 2.12. The summed E-state index contributed by atoms with van der Waals surface area (Å²) in [6.45, 7) is 14.0. The maximum atomic E-state index is 6.16. The number of aromatic nitrogens is 1. The maximum absolute atomic E-state index is 6.16. The highest BCUT2D eigenvalue weighted by Crippen LogP contribution is 2.19. The van der Waals surface area contributed by atoms with Crippen molar-refractivity contribution in [2.24, 2.45) is 0 Å². The number of hydrogen-bond acceptors (Lipinski definition) is 4. The van der Waals surface area contributed by atoms with Gasteiger partial charge in [-0.25, -0.2) is 4.98 Å². The number of hydrogen-bond donors (Lipinski definition) is 1. The highest BCUT2D eigenvalue weighted by atomic mass is 35.5. The summed E-state index contributed by atoms with van der Waals surface area (Å²) in [5, 5.41) is 4.01. The standard InChI is InChI=1S/C16H27ClN2O2/c1-15(2,3)18-11-13-12(17)7-8-14(19-13)20-9-10-21-16(4,5)6/h7-8,18H,9-11H2,1-6H3. The van der Waals surface area contributed by atoms with Crippen LogP contribution in [0.25, 0.3) is 0 Å². The molecule has 0 aliphatic carbocycles. The second-order valence-electron chi connectivity index (χ2n) is 6.99. The van der Waals surface area contributed by atoms with Crippen LogP contribution in [0.15, 0.2) is 12.1 Å². The average Bonchev–Trinajstić information content (AvgIpc) is 2.32. The van der Waals surface area contributed by atoms with Gasteiger partial charge in [0, 0.05) is 18.2 Å². The molecule has 0 fully saturated rings. The molecule has 1 aromatic heterocycles. The molecule has 0 bridgehead atoms. The molecule has 1 heterocycles. The monoisotopic (exact) mass is 314 g/mol. The normalized spacial score (nSPS) is 12.5. The number of ether oxygens (including phenoxy) is 2. The average molecular weight is 315 g/mol. The summed E-state index contributed by atoms with van der Waals surface area (Å²) >= 11 is 6.16. The smallest absolute Gasteiger partial charge is 0.213 e. The minimum absolute atomic E-state index is 0.0163. The first-order chi connectivity index (χ1) is 9.57. The van der Waals surface area contributed by atoms with E-state index in [9.17, 15) is 0 Å². The molecular weight excluding hydrogens is 288 g/mol. The Morgan fingerprint density at radius 2 is 1.76 bits per heavy atom. The van der Waals surface area contributed by atoms with E-state index in [1.54, 1.807) is 6.07 Å². The number of rotatable bonds is 6. The highest BCUT2D eigenvalue weighted by molar-refractivity contribution is 6.31.